The average Bonchev–Trinajstić information content (AvgIpc) is 2.09. The van der Waals surface area contributed by atoms with Gasteiger partial charge in [0.2, 0.25) is 6.43 Å². The first-order valence-corrected chi connectivity index (χ1v) is 4.82. The van der Waals surface area contributed by atoms with E-state index in [-0.39, 0.29) is 12.5 Å². The summed E-state index contributed by atoms with van der Waals surface area (Å²) in [6.07, 6.45) is -0.524. The van der Waals surface area contributed by atoms with Crippen LogP contribution in [0.15, 0.2) is 0 Å². The van der Waals surface area contributed by atoms with Crippen molar-refractivity contribution < 1.29 is 8.78 Å². The predicted molar refractivity (Wildman–Crippen MR) is 48.8 cm³/mol. The van der Waals surface area contributed by atoms with Crippen molar-refractivity contribution in [3.05, 3.63) is 0 Å². The lowest BCUT2D eigenvalue weighted by Crippen LogP contribution is -2.38. The molecule has 0 aromatic heterocycles. The highest BCUT2D eigenvalue weighted by Crippen LogP contribution is 2.28. The predicted octanol–water partition coefficient (Wildman–Crippen LogP) is 1.17. The fraction of sp³-hybridized carbons (Fsp3) is 1.00. The Morgan fingerprint density at radius 2 is 1.92 bits per heavy atom. The molecule has 0 amide bonds. The van der Waals surface area contributed by atoms with Gasteiger partial charge in [0.25, 0.3) is 0 Å². The number of piperidine rings is 1. The van der Waals surface area contributed by atoms with Crippen molar-refractivity contribution >= 4 is 0 Å². The molecular weight excluding hydrogens is 174 g/mol. The molecule has 1 aliphatic heterocycles. The summed E-state index contributed by atoms with van der Waals surface area (Å²) in [7, 11) is 2.02. The van der Waals surface area contributed by atoms with E-state index in [1.165, 1.54) is 0 Å². The van der Waals surface area contributed by atoms with Crippen molar-refractivity contribution in [3.63, 3.8) is 0 Å². The number of hydrogen-bond acceptors (Lipinski definition) is 2. The molecule has 0 spiro atoms. The zero-order valence-electron chi connectivity index (χ0n) is 8.05. The second kappa shape index (κ2) is 4.86. The molecule has 1 rings (SSSR count). The van der Waals surface area contributed by atoms with Crippen molar-refractivity contribution in [1.82, 2.24) is 4.90 Å². The lowest BCUT2D eigenvalue weighted by molar-refractivity contribution is 0.0278. The van der Waals surface area contributed by atoms with Crippen molar-refractivity contribution in [2.75, 3.05) is 26.7 Å². The van der Waals surface area contributed by atoms with E-state index in [9.17, 15) is 8.78 Å². The van der Waals surface area contributed by atoms with Crippen LogP contribution in [0.5, 0.6) is 0 Å². The minimum absolute atomic E-state index is 0.117. The molecule has 2 N–H and O–H groups in total. The largest absolute Gasteiger partial charge is 0.330 e. The topological polar surface area (TPSA) is 29.3 Å². The van der Waals surface area contributed by atoms with E-state index in [1.54, 1.807) is 0 Å². The Bertz CT molecular complexity index is 145. The van der Waals surface area contributed by atoms with Gasteiger partial charge < -0.3 is 10.6 Å². The fourth-order valence-corrected chi connectivity index (χ4v) is 1.96. The van der Waals surface area contributed by atoms with Gasteiger partial charge in [-0.3, -0.25) is 0 Å². The monoisotopic (exact) mass is 192 g/mol. The van der Waals surface area contributed by atoms with Gasteiger partial charge in [-0.25, -0.2) is 8.78 Å². The molecule has 2 nitrogen and oxygen atoms in total. The molecule has 0 aromatic rings. The number of nitrogens with two attached hydrogens (primary N) is 1. The first-order chi connectivity index (χ1) is 6.15. The molecule has 0 aromatic carbocycles. The van der Waals surface area contributed by atoms with Crippen LogP contribution in [-0.2, 0) is 0 Å². The summed E-state index contributed by atoms with van der Waals surface area (Å²) < 4.78 is 25.0. The summed E-state index contributed by atoms with van der Waals surface area (Å²) in [4.78, 5) is 2.18. The van der Waals surface area contributed by atoms with Gasteiger partial charge in [-0.2, -0.15) is 0 Å². The fourth-order valence-electron chi connectivity index (χ4n) is 1.96. The highest BCUT2D eigenvalue weighted by molar-refractivity contribution is 4.78. The Kier molecular flexibility index (Phi) is 4.06. The smallest absolute Gasteiger partial charge is 0.242 e. The van der Waals surface area contributed by atoms with E-state index in [0.29, 0.717) is 0 Å². The maximum atomic E-state index is 12.5. The van der Waals surface area contributed by atoms with E-state index in [0.717, 1.165) is 25.9 Å². The number of nitrogens with zero attached hydrogens (tertiary/aromatic N) is 1. The molecule has 1 fully saturated rings. The first kappa shape index (κ1) is 10.9. The molecule has 0 bridgehead atoms. The van der Waals surface area contributed by atoms with Gasteiger partial charge in [0.15, 0.2) is 0 Å². The molecule has 1 heterocycles. The molecule has 0 radical (unpaired) electrons. The van der Waals surface area contributed by atoms with Crippen LogP contribution in [0.1, 0.15) is 12.8 Å². The zero-order valence-corrected chi connectivity index (χ0v) is 8.05. The van der Waals surface area contributed by atoms with Gasteiger partial charge in [0, 0.05) is 12.5 Å². The molecule has 1 atom stereocenters. The van der Waals surface area contributed by atoms with Gasteiger partial charge in [-0.05, 0) is 38.9 Å². The van der Waals surface area contributed by atoms with Gasteiger partial charge in [-0.1, -0.05) is 0 Å². The Labute approximate surface area is 78.1 Å². The third kappa shape index (κ3) is 2.88. The Balaban J connectivity index is 2.41. The van der Waals surface area contributed by atoms with Crippen molar-refractivity contribution in [3.8, 4) is 0 Å². The molecule has 13 heavy (non-hydrogen) atoms. The highest BCUT2D eigenvalue weighted by Gasteiger charge is 2.30. The standard InChI is InChI=1S/C9H18F2N2/c1-13-4-2-7(3-5-13)8(6-12)9(10)11/h7-9H,2-6,12H2,1H3. The summed E-state index contributed by atoms with van der Waals surface area (Å²) >= 11 is 0. The van der Waals surface area contributed by atoms with Crippen molar-refractivity contribution in [2.45, 2.75) is 19.3 Å². The summed E-state index contributed by atoms with van der Waals surface area (Å²) in [6, 6.07) is 0. The lowest BCUT2D eigenvalue weighted by atomic mass is 9.84. The summed E-state index contributed by atoms with van der Waals surface area (Å²) in [5.41, 5.74) is 5.35. The van der Waals surface area contributed by atoms with Gasteiger partial charge in [-0.15, -0.1) is 0 Å². The van der Waals surface area contributed by atoms with E-state index >= 15 is 0 Å². The maximum Gasteiger partial charge on any atom is 0.242 e. The van der Waals surface area contributed by atoms with Gasteiger partial charge in [0.1, 0.15) is 0 Å². The molecule has 1 unspecified atom stereocenters. The molecule has 1 aliphatic rings. The number of likely N-dealkylation sites (tertiary alicyclic amines) is 1. The molecular formula is C9H18F2N2. The van der Waals surface area contributed by atoms with Crippen LogP contribution >= 0.6 is 0 Å². The summed E-state index contributed by atoms with van der Waals surface area (Å²) in [5.74, 6) is -0.463. The minimum atomic E-state index is -2.25. The number of hydrogen-bond donors (Lipinski definition) is 1. The lowest BCUT2D eigenvalue weighted by Gasteiger charge is -2.33. The third-order valence-corrected chi connectivity index (χ3v) is 2.96. The quantitative estimate of drug-likeness (QED) is 0.727. The summed E-state index contributed by atoms with van der Waals surface area (Å²) in [5, 5.41) is 0. The first-order valence-electron chi connectivity index (χ1n) is 4.82. The second-order valence-corrected chi connectivity index (χ2v) is 3.87. The van der Waals surface area contributed by atoms with Crippen LogP contribution in [0, 0.1) is 11.8 Å². The normalized spacial score (nSPS) is 23.8. The summed E-state index contributed by atoms with van der Waals surface area (Å²) in [6.45, 7) is 1.97. The van der Waals surface area contributed by atoms with Crippen LogP contribution in [0.3, 0.4) is 0 Å². The Hall–Kier alpha value is -0.220. The molecule has 78 valence electrons. The van der Waals surface area contributed by atoms with E-state index < -0.39 is 12.3 Å². The van der Waals surface area contributed by atoms with E-state index in [1.807, 2.05) is 7.05 Å². The van der Waals surface area contributed by atoms with E-state index in [2.05, 4.69) is 4.90 Å². The third-order valence-electron chi connectivity index (χ3n) is 2.96. The number of alkyl halides is 2. The Morgan fingerprint density at radius 1 is 1.38 bits per heavy atom. The number of halogens is 2. The SMILES string of the molecule is CN1CCC(C(CN)C(F)F)CC1. The Morgan fingerprint density at radius 3 is 2.31 bits per heavy atom. The van der Waals surface area contributed by atoms with Gasteiger partial charge >= 0.3 is 0 Å². The molecule has 0 aliphatic carbocycles. The molecule has 0 saturated carbocycles. The van der Waals surface area contributed by atoms with E-state index in [4.69, 9.17) is 5.73 Å². The van der Waals surface area contributed by atoms with Crippen LogP contribution in [0.25, 0.3) is 0 Å². The zero-order chi connectivity index (χ0) is 9.84. The van der Waals surface area contributed by atoms with Crippen molar-refractivity contribution in [1.29, 1.82) is 0 Å². The maximum absolute atomic E-state index is 12.5. The van der Waals surface area contributed by atoms with Gasteiger partial charge in [0.05, 0.1) is 0 Å². The molecule has 1 saturated heterocycles. The van der Waals surface area contributed by atoms with Crippen molar-refractivity contribution in [2.24, 2.45) is 17.6 Å². The molecule has 4 heteroatoms. The second-order valence-electron chi connectivity index (χ2n) is 3.87. The van der Waals surface area contributed by atoms with Crippen LogP contribution in [0.2, 0.25) is 0 Å². The van der Waals surface area contributed by atoms with Crippen LogP contribution in [0.4, 0.5) is 8.78 Å². The number of rotatable bonds is 3. The highest BCUT2D eigenvalue weighted by atomic mass is 19.3. The van der Waals surface area contributed by atoms with Crippen LogP contribution < -0.4 is 5.73 Å². The minimum Gasteiger partial charge on any atom is -0.330 e. The average molecular weight is 192 g/mol. The van der Waals surface area contributed by atoms with Crippen LogP contribution in [-0.4, -0.2) is 38.0 Å².